The molecule has 0 amide bonds. The molecule has 1 aromatic heterocycles. The van der Waals surface area contributed by atoms with Crippen LogP contribution in [0.2, 0.25) is 0 Å². The molecule has 106 valence electrons. The minimum atomic E-state index is -3.03. The lowest BCUT2D eigenvalue weighted by Gasteiger charge is -2.16. The first-order chi connectivity index (χ1) is 8.75. The Labute approximate surface area is 120 Å². The third-order valence-corrected chi connectivity index (χ3v) is 5.03. The Morgan fingerprint density at radius 1 is 1.47 bits per heavy atom. The maximum Gasteiger partial charge on any atom is 0.254 e. The summed E-state index contributed by atoms with van der Waals surface area (Å²) in [5.41, 5.74) is -0.453. The van der Waals surface area contributed by atoms with Crippen LogP contribution in [-0.2, 0) is 16.4 Å². The lowest BCUT2D eigenvalue weighted by Crippen LogP contribution is -2.28. The molecule has 0 radical (unpaired) electrons. The fourth-order valence-electron chi connectivity index (χ4n) is 2.25. The van der Waals surface area contributed by atoms with E-state index in [0.29, 0.717) is 16.8 Å². The predicted octanol–water partition coefficient (Wildman–Crippen LogP) is 1.44. The lowest BCUT2D eigenvalue weighted by atomic mass is 10.1. The summed E-state index contributed by atoms with van der Waals surface area (Å²) in [6, 6.07) is 1.40. The maximum absolute atomic E-state index is 11.9. The average Bonchev–Trinajstić information content (AvgIpc) is 3.00. The van der Waals surface area contributed by atoms with E-state index >= 15 is 0 Å². The van der Waals surface area contributed by atoms with Gasteiger partial charge in [-0.25, -0.2) is 8.42 Å². The summed E-state index contributed by atoms with van der Waals surface area (Å²) in [4.78, 5) is 11.9. The zero-order chi connectivity index (χ0) is 14.3. The fourth-order valence-corrected chi connectivity index (χ4v) is 4.27. The van der Waals surface area contributed by atoms with Crippen LogP contribution in [0.1, 0.15) is 12.8 Å². The Morgan fingerprint density at radius 3 is 2.58 bits per heavy atom. The first-order valence-electron chi connectivity index (χ1n) is 5.86. The third kappa shape index (κ3) is 3.60. The van der Waals surface area contributed by atoms with E-state index in [-0.39, 0.29) is 16.7 Å². The van der Waals surface area contributed by atoms with Crippen LogP contribution in [0.15, 0.2) is 21.5 Å². The molecule has 5 nitrogen and oxygen atoms in total. The average molecular weight is 350 g/mol. The summed E-state index contributed by atoms with van der Waals surface area (Å²) < 4.78 is 30.1. The molecule has 1 aliphatic carbocycles. The molecule has 1 aliphatic rings. The van der Waals surface area contributed by atoms with Crippen LogP contribution < -0.4 is 10.3 Å². The summed E-state index contributed by atoms with van der Waals surface area (Å²) in [7, 11) is -1.53. The van der Waals surface area contributed by atoms with E-state index in [1.54, 1.807) is 10.8 Å². The van der Waals surface area contributed by atoms with Crippen molar-refractivity contribution in [2.75, 3.05) is 19.1 Å². The number of sulfone groups is 1. The van der Waals surface area contributed by atoms with Gasteiger partial charge in [-0.15, -0.1) is 0 Å². The van der Waals surface area contributed by atoms with Gasteiger partial charge in [0.05, 0.1) is 17.3 Å². The maximum atomic E-state index is 11.9. The topological polar surface area (TPSA) is 65.4 Å². The molecular weight excluding hydrogens is 334 g/mol. The molecule has 7 heteroatoms. The van der Waals surface area contributed by atoms with E-state index in [4.69, 9.17) is 4.74 Å². The number of ether oxygens (including phenoxy) is 1. The van der Waals surface area contributed by atoms with E-state index in [0.717, 1.165) is 12.8 Å². The first-order valence-corrected chi connectivity index (χ1v) is 8.72. The smallest absolute Gasteiger partial charge is 0.254 e. The van der Waals surface area contributed by atoms with Gasteiger partial charge in [0.15, 0.2) is 0 Å². The zero-order valence-corrected chi connectivity index (χ0v) is 13.3. The molecule has 0 saturated heterocycles. The second-order valence-corrected chi connectivity index (χ2v) is 8.22. The lowest BCUT2D eigenvalue weighted by molar-refractivity contribution is 0.404. The molecule has 1 aromatic rings. The SMILES string of the molecule is COc1cc(=O)n(CC2(CS(C)(=O)=O)CC2)cc1Br. The van der Waals surface area contributed by atoms with E-state index in [9.17, 15) is 13.2 Å². The molecular formula is C12H16BrNO4S. The Morgan fingerprint density at radius 2 is 2.11 bits per heavy atom. The van der Waals surface area contributed by atoms with Gasteiger partial charge in [-0.05, 0) is 28.8 Å². The summed E-state index contributed by atoms with van der Waals surface area (Å²) in [6.07, 6.45) is 4.58. The summed E-state index contributed by atoms with van der Waals surface area (Å²) >= 11 is 3.33. The summed E-state index contributed by atoms with van der Waals surface area (Å²) in [6.45, 7) is 0.432. The normalized spacial score (nSPS) is 17.2. The standard InChI is InChI=1S/C12H16BrNO4S/c1-18-10-5-11(15)14(6-9(10)13)7-12(3-4-12)8-19(2,16)17/h5-6H,3-4,7-8H2,1-2H3. The van der Waals surface area contributed by atoms with Gasteiger partial charge in [0.2, 0.25) is 0 Å². The highest BCUT2D eigenvalue weighted by Gasteiger charge is 2.45. The number of methoxy groups -OCH3 is 1. The van der Waals surface area contributed by atoms with Crippen molar-refractivity contribution < 1.29 is 13.2 Å². The molecule has 0 atom stereocenters. The van der Waals surface area contributed by atoms with Gasteiger partial charge in [-0.1, -0.05) is 0 Å². The molecule has 1 heterocycles. The summed E-state index contributed by atoms with van der Waals surface area (Å²) in [5.74, 6) is 0.616. The highest BCUT2D eigenvalue weighted by Crippen LogP contribution is 2.48. The molecule has 0 spiro atoms. The second-order valence-electron chi connectivity index (χ2n) is 5.23. The predicted molar refractivity (Wildman–Crippen MR) is 76.3 cm³/mol. The monoisotopic (exact) mass is 349 g/mol. The quantitative estimate of drug-likeness (QED) is 0.806. The van der Waals surface area contributed by atoms with Gasteiger partial charge < -0.3 is 9.30 Å². The Bertz CT molecular complexity index is 646. The number of pyridine rings is 1. The van der Waals surface area contributed by atoms with Crippen LogP contribution in [0.5, 0.6) is 5.75 Å². The highest BCUT2D eigenvalue weighted by atomic mass is 79.9. The van der Waals surface area contributed by atoms with Crippen molar-refractivity contribution >= 4 is 25.8 Å². The highest BCUT2D eigenvalue weighted by molar-refractivity contribution is 9.10. The zero-order valence-electron chi connectivity index (χ0n) is 10.8. The van der Waals surface area contributed by atoms with Gasteiger partial charge in [0, 0.05) is 30.5 Å². The van der Waals surface area contributed by atoms with Gasteiger partial charge in [-0.3, -0.25) is 4.79 Å². The van der Waals surface area contributed by atoms with E-state index in [1.165, 1.54) is 19.4 Å². The number of rotatable bonds is 5. The number of hydrogen-bond donors (Lipinski definition) is 0. The number of hydrogen-bond acceptors (Lipinski definition) is 4. The van der Waals surface area contributed by atoms with Crippen molar-refractivity contribution in [1.29, 1.82) is 0 Å². The third-order valence-electron chi connectivity index (χ3n) is 3.29. The van der Waals surface area contributed by atoms with Crippen LogP contribution in [-0.4, -0.2) is 32.1 Å². The van der Waals surface area contributed by atoms with Crippen LogP contribution in [0.4, 0.5) is 0 Å². The van der Waals surface area contributed by atoms with E-state index in [2.05, 4.69) is 15.9 Å². The van der Waals surface area contributed by atoms with Crippen LogP contribution >= 0.6 is 15.9 Å². The van der Waals surface area contributed by atoms with Crippen LogP contribution in [0.25, 0.3) is 0 Å². The molecule has 19 heavy (non-hydrogen) atoms. The molecule has 0 N–H and O–H groups in total. The van der Waals surface area contributed by atoms with Gasteiger partial charge >= 0.3 is 0 Å². The minimum Gasteiger partial charge on any atom is -0.495 e. The molecule has 0 aromatic carbocycles. The molecule has 2 rings (SSSR count). The van der Waals surface area contributed by atoms with Crippen LogP contribution in [0.3, 0.4) is 0 Å². The van der Waals surface area contributed by atoms with Crippen molar-refractivity contribution in [2.24, 2.45) is 5.41 Å². The Kier molecular flexibility index (Phi) is 3.79. The number of halogens is 1. The summed E-state index contributed by atoms with van der Waals surface area (Å²) in [5, 5.41) is 0. The van der Waals surface area contributed by atoms with Crippen LogP contribution in [0, 0.1) is 5.41 Å². The molecule has 0 aliphatic heterocycles. The minimum absolute atomic E-state index is 0.135. The van der Waals surface area contributed by atoms with Gasteiger partial charge in [0.1, 0.15) is 15.6 Å². The molecule has 1 saturated carbocycles. The molecule has 1 fully saturated rings. The largest absolute Gasteiger partial charge is 0.495 e. The Hall–Kier alpha value is -0.820. The van der Waals surface area contributed by atoms with Gasteiger partial charge in [-0.2, -0.15) is 0 Å². The number of aromatic nitrogens is 1. The van der Waals surface area contributed by atoms with Gasteiger partial charge in [0.25, 0.3) is 5.56 Å². The van der Waals surface area contributed by atoms with Crippen molar-refractivity contribution in [3.05, 3.63) is 27.1 Å². The number of nitrogens with zero attached hydrogens (tertiary/aromatic N) is 1. The Balaban J connectivity index is 2.25. The van der Waals surface area contributed by atoms with Crippen molar-refractivity contribution in [3.63, 3.8) is 0 Å². The fraction of sp³-hybridized carbons (Fsp3) is 0.583. The van der Waals surface area contributed by atoms with Crippen molar-refractivity contribution in [3.8, 4) is 5.75 Å². The van der Waals surface area contributed by atoms with Crippen molar-refractivity contribution in [2.45, 2.75) is 19.4 Å². The molecule has 0 unspecified atom stereocenters. The van der Waals surface area contributed by atoms with E-state index in [1.807, 2.05) is 0 Å². The second kappa shape index (κ2) is 4.94. The molecule has 0 bridgehead atoms. The van der Waals surface area contributed by atoms with E-state index < -0.39 is 9.84 Å². The first kappa shape index (κ1) is 14.6. The van der Waals surface area contributed by atoms with Crippen molar-refractivity contribution in [1.82, 2.24) is 4.57 Å².